The Hall–Kier alpha value is -2.24. The van der Waals surface area contributed by atoms with Crippen LogP contribution in [-0.2, 0) is 0 Å². The lowest BCUT2D eigenvalue weighted by Crippen LogP contribution is -2.14. The summed E-state index contributed by atoms with van der Waals surface area (Å²) in [5, 5.41) is 9.00. The fourth-order valence-electron chi connectivity index (χ4n) is 1.30. The van der Waals surface area contributed by atoms with Gasteiger partial charge in [-0.1, -0.05) is 0 Å². The lowest BCUT2D eigenvalue weighted by atomic mass is 10.3. The minimum atomic E-state index is -0.267. The quantitative estimate of drug-likeness (QED) is 0.781. The Morgan fingerprint density at radius 2 is 2.19 bits per heavy atom. The summed E-state index contributed by atoms with van der Waals surface area (Å²) in [6, 6.07) is 1.70. The van der Waals surface area contributed by atoms with Gasteiger partial charge in [0.05, 0.1) is 6.20 Å². The van der Waals surface area contributed by atoms with E-state index in [1.807, 2.05) is 0 Å². The molecule has 2 aromatic rings. The number of nitrogens with one attached hydrogen (secondary N) is 2. The summed E-state index contributed by atoms with van der Waals surface area (Å²) >= 11 is 0. The zero-order chi connectivity index (χ0) is 11.5. The van der Waals surface area contributed by atoms with Gasteiger partial charge in [0, 0.05) is 6.20 Å². The van der Waals surface area contributed by atoms with E-state index in [2.05, 4.69) is 25.5 Å². The van der Waals surface area contributed by atoms with Gasteiger partial charge in [0.25, 0.3) is 5.56 Å². The molecule has 0 aliphatic carbocycles. The van der Waals surface area contributed by atoms with Gasteiger partial charge in [-0.05, 0) is 25.5 Å². The van der Waals surface area contributed by atoms with Crippen molar-refractivity contribution in [2.75, 3.05) is 5.32 Å². The van der Waals surface area contributed by atoms with E-state index < -0.39 is 0 Å². The molecule has 6 nitrogen and oxygen atoms in total. The standard InChI is InChI=1S/C10H11N5O/c1-6-5-12-15-10(16)9(6)14-8-3-4-11-7(2)13-8/h3-5H,1-2H3,(H,15,16)(H,11,12,13,14). The fraction of sp³-hybridized carbons (Fsp3) is 0.200. The second-order valence-corrected chi connectivity index (χ2v) is 3.37. The van der Waals surface area contributed by atoms with Crippen molar-refractivity contribution in [3.05, 3.63) is 40.2 Å². The number of aromatic nitrogens is 4. The molecule has 0 amide bonds. The van der Waals surface area contributed by atoms with Crippen LogP contribution in [0.5, 0.6) is 0 Å². The van der Waals surface area contributed by atoms with Crippen molar-refractivity contribution in [1.29, 1.82) is 0 Å². The summed E-state index contributed by atoms with van der Waals surface area (Å²) in [5.74, 6) is 1.24. The molecule has 0 atom stereocenters. The molecule has 0 aromatic carbocycles. The number of hydrogen-bond acceptors (Lipinski definition) is 5. The zero-order valence-electron chi connectivity index (χ0n) is 8.98. The number of H-pyrrole nitrogens is 1. The predicted octanol–water partition coefficient (Wildman–Crippen LogP) is 0.920. The van der Waals surface area contributed by atoms with Crippen LogP contribution in [0.1, 0.15) is 11.4 Å². The number of aryl methyl sites for hydroxylation is 2. The molecule has 0 bridgehead atoms. The molecular weight excluding hydrogens is 206 g/mol. The van der Waals surface area contributed by atoms with Gasteiger partial charge in [-0.15, -0.1) is 0 Å². The molecule has 2 heterocycles. The molecule has 0 aliphatic rings. The Morgan fingerprint density at radius 1 is 1.38 bits per heavy atom. The van der Waals surface area contributed by atoms with Crippen LogP contribution in [0.15, 0.2) is 23.3 Å². The monoisotopic (exact) mass is 217 g/mol. The Morgan fingerprint density at radius 3 is 2.88 bits per heavy atom. The summed E-state index contributed by atoms with van der Waals surface area (Å²) in [4.78, 5) is 19.6. The van der Waals surface area contributed by atoms with Crippen LogP contribution in [0.2, 0.25) is 0 Å². The molecule has 6 heteroatoms. The molecule has 0 saturated heterocycles. The summed E-state index contributed by atoms with van der Waals surface area (Å²) in [6.07, 6.45) is 3.22. The highest BCUT2D eigenvalue weighted by Crippen LogP contribution is 2.12. The number of aromatic amines is 1. The van der Waals surface area contributed by atoms with Crippen LogP contribution in [0.3, 0.4) is 0 Å². The van der Waals surface area contributed by atoms with Crippen molar-refractivity contribution in [1.82, 2.24) is 20.2 Å². The van der Waals surface area contributed by atoms with E-state index in [9.17, 15) is 4.79 Å². The first-order chi connectivity index (χ1) is 7.66. The average molecular weight is 217 g/mol. The minimum absolute atomic E-state index is 0.267. The largest absolute Gasteiger partial charge is 0.335 e. The van der Waals surface area contributed by atoms with Crippen LogP contribution in [-0.4, -0.2) is 20.2 Å². The molecule has 0 saturated carbocycles. The summed E-state index contributed by atoms with van der Waals surface area (Å²) in [6.45, 7) is 3.59. The Bertz CT molecular complexity index is 563. The Kier molecular flexibility index (Phi) is 2.63. The maximum atomic E-state index is 11.5. The molecule has 0 fully saturated rings. The van der Waals surface area contributed by atoms with E-state index in [0.29, 0.717) is 17.3 Å². The van der Waals surface area contributed by atoms with Crippen molar-refractivity contribution in [2.24, 2.45) is 0 Å². The van der Waals surface area contributed by atoms with Crippen LogP contribution in [0, 0.1) is 13.8 Å². The normalized spacial score (nSPS) is 10.1. The average Bonchev–Trinajstić information content (AvgIpc) is 2.24. The summed E-state index contributed by atoms with van der Waals surface area (Å²) in [7, 11) is 0. The van der Waals surface area contributed by atoms with Gasteiger partial charge in [0.1, 0.15) is 17.3 Å². The maximum absolute atomic E-state index is 11.5. The number of nitrogens with zero attached hydrogens (tertiary/aromatic N) is 3. The van der Waals surface area contributed by atoms with Gasteiger partial charge >= 0.3 is 0 Å². The molecule has 82 valence electrons. The molecule has 16 heavy (non-hydrogen) atoms. The third kappa shape index (κ3) is 2.05. The van der Waals surface area contributed by atoms with E-state index in [1.54, 1.807) is 32.3 Å². The maximum Gasteiger partial charge on any atom is 0.288 e. The van der Waals surface area contributed by atoms with E-state index in [0.717, 1.165) is 5.56 Å². The second kappa shape index (κ2) is 4.09. The van der Waals surface area contributed by atoms with Crippen LogP contribution in [0.4, 0.5) is 11.5 Å². The van der Waals surface area contributed by atoms with Gasteiger partial charge in [-0.3, -0.25) is 4.79 Å². The van der Waals surface area contributed by atoms with Crippen molar-refractivity contribution >= 4 is 11.5 Å². The highest BCUT2D eigenvalue weighted by Gasteiger charge is 2.04. The van der Waals surface area contributed by atoms with E-state index >= 15 is 0 Å². The molecule has 2 N–H and O–H groups in total. The van der Waals surface area contributed by atoms with E-state index in [1.165, 1.54) is 0 Å². The molecule has 0 spiro atoms. The summed E-state index contributed by atoms with van der Waals surface area (Å²) < 4.78 is 0. The topological polar surface area (TPSA) is 83.6 Å². The van der Waals surface area contributed by atoms with Gasteiger partial charge < -0.3 is 5.32 Å². The van der Waals surface area contributed by atoms with E-state index in [4.69, 9.17) is 0 Å². The third-order valence-electron chi connectivity index (χ3n) is 2.07. The smallest absolute Gasteiger partial charge is 0.288 e. The lowest BCUT2D eigenvalue weighted by molar-refractivity contribution is 0.973. The fourth-order valence-corrected chi connectivity index (χ4v) is 1.30. The van der Waals surface area contributed by atoms with Gasteiger partial charge in [-0.2, -0.15) is 5.10 Å². The minimum Gasteiger partial charge on any atom is -0.335 e. The third-order valence-corrected chi connectivity index (χ3v) is 2.07. The SMILES string of the molecule is Cc1nccc(Nc2c(C)cn[nH]c2=O)n1. The van der Waals surface area contributed by atoms with Crippen LogP contribution in [0.25, 0.3) is 0 Å². The van der Waals surface area contributed by atoms with Gasteiger partial charge in [0.2, 0.25) is 0 Å². The molecule has 0 radical (unpaired) electrons. The first kappa shape index (κ1) is 10.3. The zero-order valence-corrected chi connectivity index (χ0v) is 8.98. The summed E-state index contributed by atoms with van der Waals surface area (Å²) in [5.41, 5.74) is 0.949. The Balaban J connectivity index is 2.38. The first-order valence-electron chi connectivity index (χ1n) is 4.78. The van der Waals surface area contributed by atoms with Crippen molar-refractivity contribution < 1.29 is 0 Å². The van der Waals surface area contributed by atoms with Crippen molar-refractivity contribution in [3.8, 4) is 0 Å². The lowest BCUT2D eigenvalue weighted by Gasteiger charge is -2.06. The number of rotatable bonds is 2. The second-order valence-electron chi connectivity index (χ2n) is 3.37. The van der Waals surface area contributed by atoms with Gasteiger partial charge in [-0.25, -0.2) is 15.1 Å². The van der Waals surface area contributed by atoms with Crippen molar-refractivity contribution in [2.45, 2.75) is 13.8 Å². The highest BCUT2D eigenvalue weighted by atomic mass is 16.1. The number of anilines is 2. The highest BCUT2D eigenvalue weighted by molar-refractivity contribution is 5.57. The number of hydrogen-bond donors (Lipinski definition) is 2. The molecule has 2 rings (SSSR count). The molecule has 0 aliphatic heterocycles. The first-order valence-corrected chi connectivity index (χ1v) is 4.78. The predicted molar refractivity (Wildman–Crippen MR) is 59.6 cm³/mol. The van der Waals surface area contributed by atoms with Gasteiger partial charge in [0.15, 0.2) is 0 Å². The van der Waals surface area contributed by atoms with Crippen LogP contribution >= 0.6 is 0 Å². The molecular formula is C10H11N5O. The molecule has 2 aromatic heterocycles. The van der Waals surface area contributed by atoms with E-state index in [-0.39, 0.29) is 5.56 Å². The van der Waals surface area contributed by atoms with Crippen LogP contribution < -0.4 is 10.9 Å². The van der Waals surface area contributed by atoms with Crippen molar-refractivity contribution in [3.63, 3.8) is 0 Å². The Labute approximate surface area is 91.8 Å². The molecule has 0 unspecified atom stereocenters.